The van der Waals surface area contributed by atoms with Gasteiger partial charge in [0.05, 0.1) is 0 Å². The van der Waals surface area contributed by atoms with Crippen molar-refractivity contribution in [2.75, 3.05) is 0 Å². The Balaban J connectivity index is 1.67. The van der Waals surface area contributed by atoms with Crippen LogP contribution in [0, 0.1) is 13.8 Å². The maximum atomic E-state index is 13.0. The molecule has 6 nitrogen and oxygen atoms in total. The Hall–Kier alpha value is -2.89. The highest BCUT2D eigenvalue weighted by Crippen LogP contribution is 2.19. The number of carbonyl (C=O) groups is 1. The first-order valence-electron chi connectivity index (χ1n) is 9.49. The van der Waals surface area contributed by atoms with Crippen LogP contribution in [0.4, 0.5) is 0 Å². The minimum atomic E-state index is -0.168. The zero-order chi connectivity index (χ0) is 19.0. The van der Waals surface area contributed by atoms with Gasteiger partial charge in [-0.15, -0.1) is 0 Å². The maximum absolute atomic E-state index is 13.0. The SMILES string of the molecule is Cc1ccc(Cc2c(C)nc3c(C(=O)NC4CCCC4)c[nH]n3c2=O)cc1. The van der Waals surface area contributed by atoms with Crippen molar-refractivity contribution >= 4 is 11.6 Å². The fraction of sp³-hybridized carbons (Fsp3) is 0.381. The number of nitrogens with zero attached hydrogens (tertiary/aromatic N) is 2. The van der Waals surface area contributed by atoms with Crippen molar-refractivity contribution in [2.24, 2.45) is 0 Å². The van der Waals surface area contributed by atoms with E-state index in [1.807, 2.05) is 38.1 Å². The largest absolute Gasteiger partial charge is 0.349 e. The van der Waals surface area contributed by atoms with E-state index in [1.165, 1.54) is 10.1 Å². The number of amides is 1. The topological polar surface area (TPSA) is 79.3 Å². The lowest BCUT2D eigenvalue weighted by atomic mass is 10.0. The summed E-state index contributed by atoms with van der Waals surface area (Å²) in [6.07, 6.45) is 6.42. The Morgan fingerprint density at radius 1 is 1.22 bits per heavy atom. The maximum Gasteiger partial charge on any atom is 0.276 e. The van der Waals surface area contributed by atoms with Gasteiger partial charge in [0.2, 0.25) is 0 Å². The van der Waals surface area contributed by atoms with Crippen LogP contribution in [0.5, 0.6) is 0 Å². The Morgan fingerprint density at radius 2 is 1.93 bits per heavy atom. The standard InChI is InChI=1S/C21H24N4O2/c1-13-7-9-15(10-8-13)11-17-14(2)23-19-18(12-22-25(19)21(17)27)20(26)24-16-5-3-4-6-16/h7-10,12,16,22H,3-6,11H2,1-2H3,(H,24,26). The molecule has 1 amide bonds. The van der Waals surface area contributed by atoms with Gasteiger partial charge < -0.3 is 5.32 Å². The van der Waals surface area contributed by atoms with Crippen molar-refractivity contribution < 1.29 is 4.79 Å². The molecular weight excluding hydrogens is 340 g/mol. The Morgan fingerprint density at radius 3 is 2.63 bits per heavy atom. The molecule has 1 aliphatic carbocycles. The average Bonchev–Trinajstić information content (AvgIpc) is 3.30. The molecule has 2 N–H and O–H groups in total. The summed E-state index contributed by atoms with van der Waals surface area (Å²) in [5, 5.41) is 5.96. The summed E-state index contributed by atoms with van der Waals surface area (Å²) in [7, 11) is 0. The van der Waals surface area contributed by atoms with Crippen LogP contribution in [-0.4, -0.2) is 26.5 Å². The number of benzene rings is 1. The number of carbonyl (C=O) groups excluding carboxylic acids is 1. The molecule has 140 valence electrons. The summed E-state index contributed by atoms with van der Waals surface area (Å²) < 4.78 is 1.38. The zero-order valence-corrected chi connectivity index (χ0v) is 15.7. The normalized spacial score (nSPS) is 14.7. The molecule has 0 spiro atoms. The van der Waals surface area contributed by atoms with Gasteiger partial charge in [-0.05, 0) is 32.3 Å². The van der Waals surface area contributed by atoms with Crippen molar-refractivity contribution in [2.45, 2.75) is 52.0 Å². The number of aromatic nitrogens is 3. The second-order valence-electron chi connectivity index (χ2n) is 7.44. The van der Waals surface area contributed by atoms with Gasteiger partial charge in [-0.2, -0.15) is 0 Å². The van der Waals surface area contributed by atoms with Gasteiger partial charge in [-0.25, -0.2) is 9.50 Å². The molecule has 0 saturated heterocycles. The van der Waals surface area contributed by atoms with Crippen LogP contribution < -0.4 is 10.9 Å². The molecule has 1 aromatic carbocycles. The van der Waals surface area contributed by atoms with E-state index in [0.717, 1.165) is 31.2 Å². The van der Waals surface area contributed by atoms with E-state index < -0.39 is 0 Å². The predicted octanol–water partition coefficient (Wildman–Crippen LogP) is 2.90. The smallest absolute Gasteiger partial charge is 0.276 e. The molecule has 0 atom stereocenters. The van der Waals surface area contributed by atoms with E-state index in [-0.39, 0.29) is 17.5 Å². The summed E-state index contributed by atoms with van der Waals surface area (Å²) >= 11 is 0. The van der Waals surface area contributed by atoms with E-state index in [0.29, 0.717) is 28.9 Å². The van der Waals surface area contributed by atoms with Crippen LogP contribution in [0.15, 0.2) is 35.3 Å². The fourth-order valence-corrected chi connectivity index (χ4v) is 3.77. The van der Waals surface area contributed by atoms with Crippen LogP contribution in [0.1, 0.15) is 58.4 Å². The molecule has 4 rings (SSSR count). The molecular formula is C21H24N4O2. The minimum absolute atomic E-state index is 0.155. The van der Waals surface area contributed by atoms with Crippen LogP contribution in [-0.2, 0) is 6.42 Å². The summed E-state index contributed by atoms with van der Waals surface area (Å²) in [6, 6.07) is 8.35. The Labute approximate surface area is 157 Å². The Bertz CT molecular complexity index is 1040. The van der Waals surface area contributed by atoms with Gasteiger partial charge in [0.25, 0.3) is 11.5 Å². The van der Waals surface area contributed by atoms with Crippen LogP contribution in [0.25, 0.3) is 5.65 Å². The fourth-order valence-electron chi connectivity index (χ4n) is 3.77. The molecule has 3 aromatic rings. The number of fused-ring (bicyclic) bond motifs is 1. The first-order valence-corrected chi connectivity index (χ1v) is 9.49. The highest BCUT2D eigenvalue weighted by molar-refractivity contribution is 5.99. The third-order valence-electron chi connectivity index (χ3n) is 5.40. The number of nitrogens with one attached hydrogen (secondary N) is 2. The van der Waals surface area contributed by atoms with Gasteiger partial charge in [-0.3, -0.25) is 14.7 Å². The predicted molar refractivity (Wildman–Crippen MR) is 104 cm³/mol. The minimum Gasteiger partial charge on any atom is -0.349 e. The Kier molecular flexibility index (Phi) is 4.56. The molecule has 6 heteroatoms. The third-order valence-corrected chi connectivity index (χ3v) is 5.40. The zero-order valence-electron chi connectivity index (χ0n) is 15.7. The van der Waals surface area contributed by atoms with Crippen molar-refractivity contribution in [1.29, 1.82) is 0 Å². The highest BCUT2D eigenvalue weighted by atomic mass is 16.2. The van der Waals surface area contributed by atoms with Crippen molar-refractivity contribution in [3.8, 4) is 0 Å². The summed E-state index contributed by atoms with van der Waals surface area (Å²) in [5.41, 5.74) is 4.20. The number of rotatable bonds is 4. The molecule has 1 fully saturated rings. The van der Waals surface area contributed by atoms with Crippen LogP contribution in [0.3, 0.4) is 0 Å². The monoisotopic (exact) mass is 364 g/mol. The lowest BCUT2D eigenvalue weighted by molar-refractivity contribution is 0.0939. The van der Waals surface area contributed by atoms with Crippen molar-refractivity contribution in [1.82, 2.24) is 19.9 Å². The number of hydrogen-bond acceptors (Lipinski definition) is 3. The molecule has 1 saturated carbocycles. The van der Waals surface area contributed by atoms with Crippen LogP contribution >= 0.6 is 0 Å². The lowest BCUT2D eigenvalue weighted by Gasteiger charge is -2.11. The van der Waals surface area contributed by atoms with E-state index in [9.17, 15) is 9.59 Å². The molecule has 2 aromatic heterocycles. The van der Waals surface area contributed by atoms with Gasteiger partial charge >= 0.3 is 0 Å². The van der Waals surface area contributed by atoms with Crippen LogP contribution in [0.2, 0.25) is 0 Å². The number of H-pyrrole nitrogens is 1. The van der Waals surface area contributed by atoms with Gasteiger partial charge in [-0.1, -0.05) is 42.7 Å². The average molecular weight is 364 g/mol. The van der Waals surface area contributed by atoms with Gasteiger partial charge in [0.1, 0.15) is 5.56 Å². The van der Waals surface area contributed by atoms with E-state index in [4.69, 9.17) is 0 Å². The summed E-state index contributed by atoms with van der Waals surface area (Å²) in [5.74, 6) is -0.168. The molecule has 2 heterocycles. The van der Waals surface area contributed by atoms with E-state index in [1.54, 1.807) is 6.20 Å². The second-order valence-corrected chi connectivity index (χ2v) is 7.44. The first kappa shape index (κ1) is 17.5. The summed E-state index contributed by atoms with van der Waals surface area (Å²) in [4.78, 5) is 30.2. The quantitative estimate of drug-likeness (QED) is 0.747. The van der Waals surface area contributed by atoms with Crippen molar-refractivity contribution in [3.63, 3.8) is 0 Å². The lowest BCUT2D eigenvalue weighted by Crippen LogP contribution is -2.32. The first-order chi connectivity index (χ1) is 13.0. The number of hydrogen-bond donors (Lipinski definition) is 2. The number of aryl methyl sites for hydroxylation is 2. The molecule has 0 unspecified atom stereocenters. The van der Waals surface area contributed by atoms with Gasteiger partial charge in [0.15, 0.2) is 5.65 Å². The molecule has 27 heavy (non-hydrogen) atoms. The molecule has 0 aliphatic heterocycles. The second kappa shape index (κ2) is 7.02. The molecule has 0 radical (unpaired) electrons. The third kappa shape index (κ3) is 3.39. The summed E-state index contributed by atoms with van der Waals surface area (Å²) in [6.45, 7) is 3.87. The number of aromatic amines is 1. The highest BCUT2D eigenvalue weighted by Gasteiger charge is 2.22. The van der Waals surface area contributed by atoms with Gasteiger partial charge in [0, 0.05) is 29.9 Å². The van der Waals surface area contributed by atoms with Crippen molar-refractivity contribution in [3.05, 3.63) is 68.8 Å². The molecule has 0 bridgehead atoms. The molecule has 1 aliphatic rings. The van der Waals surface area contributed by atoms with E-state index in [2.05, 4.69) is 15.4 Å². The van der Waals surface area contributed by atoms with E-state index >= 15 is 0 Å².